The van der Waals surface area contributed by atoms with E-state index >= 15 is 0 Å². The summed E-state index contributed by atoms with van der Waals surface area (Å²) in [4.78, 5) is 3.42. The van der Waals surface area contributed by atoms with Crippen LogP contribution in [0.25, 0.3) is 6.08 Å². The molecule has 24 heavy (non-hydrogen) atoms. The molecule has 0 radical (unpaired) electrons. The molecule has 2 aromatic rings. The van der Waals surface area contributed by atoms with E-state index in [9.17, 15) is 18.8 Å². The van der Waals surface area contributed by atoms with Crippen LogP contribution in [0.3, 0.4) is 0 Å². The highest BCUT2D eigenvalue weighted by Gasteiger charge is 2.23. The number of hydrogen-bond donors (Lipinski definition) is 1. The van der Waals surface area contributed by atoms with Crippen LogP contribution in [0, 0.1) is 11.3 Å². The van der Waals surface area contributed by atoms with Gasteiger partial charge in [-0.05, 0) is 46.9 Å². The van der Waals surface area contributed by atoms with E-state index in [0.717, 1.165) is 0 Å². The van der Waals surface area contributed by atoms with Crippen LogP contribution in [0.4, 0.5) is 0 Å². The second kappa shape index (κ2) is 6.46. The van der Waals surface area contributed by atoms with Gasteiger partial charge in [-0.3, -0.25) is 0 Å². The summed E-state index contributed by atoms with van der Waals surface area (Å²) in [5, 5.41) is 19.1. The number of nitrogens with zero attached hydrogens (tertiary/aromatic N) is 2. The number of pyridine rings is 1. The minimum Gasteiger partial charge on any atom is -0.508 e. The molecule has 124 valence electrons. The molecular formula is C18H18N2O3S. The first-order chi connectivity index (χ1) is 11.2. The minimum absolute atomic E-state index is 0.130. The molecule has 0 spiro atoms. The molecule has 1 aromatic heterocycles. The fourth-order valence-electron chi connectivity index (χ4n) is 2.18. The summed E-state index contributed by atoms with van der Waals surface area (Å²) in [6.45, 7) is 5.81. The van der Waals surface area contributed by atoms with Gasteiger partial charge in [0.05, 0.1) is 0 Å². The third-order valence-corrected chi connectivity index (χ3v) is 5.02. The van der Waals surface area contributed by atoms with Gasteiger partial charge in [0.2, 0.25) is 9.84 Å². The highest BCUT2D eigenvalue weighted by Crippen LogP contribution is 2.32. The highest BCUT2D eigenvalue weighted by atomic mass is 32.2. The fraction of sp³-hybridized carbons (Fsp3) is 0.222. The molecule has 1 N–H and O–H groups in total. The Hall–Kier alpha value is -2.65. The summed E-state index contributed by atoms with van der Waals surface area (Å²) >= 11 is 0. The number of aromatic nitrogens is 1. The van der Waals surface area contributed by atoms with Gasteiger partial charge in [0.25, 0.3) is 0 Å². The highest BCUT2D eigenvalue weighted by molar-refractivity contribution is 7.95. The first-order valence-corrected chi connectivity index (χ1v) is 8.76. The number of rotatable bonds is 3. The lowest BCUT2D eigenvalue weighted by molar-refractivity contribution is 0.446. The zero-order chi connectivity index (χ0) is 18.0. The maximum Gasteiger partial charge on any atom is 0.233 e. The summed E-state index contributed by atoms with van der Waals surface area (Å²) in [6.07, 6.45) is 2.65. The van der Waals surface area contributed by atoms with Crippen molar-refractivity contribution in [2.75, 3.05) is 0 Å². The SMILES string of the molecule is CC(C)(C)c1cc(C=C(C#N)S(=O)(=O)c2ccccn2)ccc1O. The largest absolute Gasteiger partial charge is 0.508 e. The molecule has 5 nitrogen and oxygen atoms in total. The van der Waals surface area contributed by atoms with Crippen molar-refractivity contribution in [2.45, 2.75) is 31.2 Å². The minimum atomic E-state index is -3.98. The van der Waals surface area contributed by atoms with Crippen LogP contribution in [-0.2, 0) is 15.3 Å². The van der Waals surface area contributed by atoms with Crippen LogP contribution in [0.15, 0.2) is 52.5 Å². The molecule has 0 unspecified atom stereocenters. The molecule has 0 saturated heterocycles. The summed E-state index contributed by atoms with van der Waals surface area (Å²) in [5.74, 6) is 0.130. The zero-order valence-electron chi connectivity index (χ0n) is 13.7. The van der Waals surface area contributed by atoms with Crippen molar-refractivity contribution in [3.63, 3.8) is 0 Å². The number of benzene rings is 1. The summed E-state index contributed by atoms with van der Waals surface area (Å²) in [6, 6.07) is 11.0. The lowest BCUT2D eigenvalue weighted by Gasteiger charge is -2.20. The number of phenols is 1. The summed E-state index contributed by atoms with van der Waals surface area (Å²) in [7, 11) is -3.98. The number of hydrogen-bond acceptors (Lipinski definition) is 5. The van der Waals surface area contributed by atoms with Crippen LogP contribution in [-0.4, -0.2) is 18.5 Å². The monoisotopic (exact) mass is 342 g/mol. The lowest BCUT2D eigenvalue weighted by Crippen LogP contribution is -2.11. The van der Waals surface area contributed by atoms with Crippen molar-refractivity contribution >= 4 is 15.9 Å². The second-order valence-corrected chi connectivity index (χ2v) is 8.18. The van der Waals surface area contributed by atoms with Gasteiger partial charge < -0.3 is 5.11 Å². The summed E-state index contributed by atoms with van der Waals surface area (Å²) < 4.78 is 25.0. The standard InChI is InChI=1S/C18H18N2O3S/c1-18(2,3)15-11-13(7-8-16(15)21)10-14(12-19)24(22,23)17-6-4-5-9-20-17/h4-11,21H,1-3H3. The summed E-state index contributed by atoms with van der Waals surface area (Å²) in [5.41, 5.74) is 0.873. The van der Waals surface area contributed by atoms with Gasteiger partial charge in [-0.25, -0.2) is 13.4 Å². The topological polar surface area (TPSA) is 91.0 Å². The number of sulfone groups is 1. The first-order valence-electron chi connectivity index (χ1n) is 7.27. The van der Waals surface area contributed by atoms with Gasteiger partial charge >= 0.3 is 0 Å². The molecule has 0 aliphatic rings. The third-order valence-electron chi connectivity index (χ3n) is 3.44. The van der Waals surface area contributed by atoms with E-state index in [1.165, 1.54) is 24.4 Å². The molecule has 1 heterocycles. The average molecular weight is 342 g/mol. The van der Waals surface area contributed by atoms with Crippen LogP contribution in [0.5, 0.6) is 5.75 Å². The van der Waals surface area contributed by atoms with E-state index in [-0.39, 0.29) is 16.2 Å². The van der Waals surface area contributed by atoms with E-state index in [2.05, 4.69) is 4.98 Å². The van der Waals surface area contributed by atoms with E-state index in [0.29, 0.717) is 11.1 Å². The maximum atomic E-state index is 12.5. The Morgan fingerprint density at radius 3 is 2.50 bits per heavy atom. The van der Waals surface area contributed by atoms with Gasteiger partial charge in [0.1, 0.15) is 11.8 Å². The van der Waals surface area contributed by atoms with Crippen LogP contribution >= 0.6 is 0 Å². The van der Waals surface area contributed by atoms with E-state index in [1.54, 1.807) is 30.3 Å². The second-order valence-electron chi connectivity index (χ2n) is 6.32. The van der Waals surface area contributed by atoms with Crippen LogP contribution in [0.2, 0.25) is 0 Å². The van der Waals surface area contributed by atoms with Gasteiger partial charge in [0.15, 0.2) is 9.93 Å². The Labute approximate surface area is 141 Å². The van der Waals surface area contributed by atoms with Crippen molar-refractivity contribution in [1.82, 2.24) is 4.98 Å². The van der Waals surface area contributed by atoms with Crippen molar-refractivity contribution in [1.29, 1.82) is 5.26 Å². The lowest BCUT2D eigenvalue weighted by atomic mass is 9.85. The van der Waals surface area contributed by atoms with Crippen LogP contribution < -0.4 is 0 Å². The molecule has 0 amide bonds. The Bertz CT molecular complexity index is 919. The smallest absolute Gasteiger partial charge is 0.233 e. The Morgan fingerprint density at radius 2 is 1.96 bits per heavy atom. The molecule has 6 heteroatoms. The Kier molecular flexibility index (Phi) is 4.76. The Morgan fingerprint density at radius 1 is 1.25 bits per heavy atom. The predicted molar refractivity (Wildman–Crippen MR) is 91.8 cm³/mol. The number of aromatic hydroxyl groups is 1. The predicted octanol–water partition coefficient (Wildman–Crippen LogP) is 3.42. The maximum absolute atomic E-state index is 12.5. The first kappa shape index (κ1) is 17.7. The van der Waals surface area contributed by atoms with Gasteiger partial charge in [-0.1, -0.05) is 32.9 Å². The molecule has 0 aliphatic carbocycles. The molecule has 0 bridgehead atoms. The third kappa shape index (κ3) is 3.63. The number of phenolic OH excluding ortho intramolecular Hbond substituents is 1. The van der Waals surface area contributed by atoms with E-state index < -0.39 is 14.7 Å². The van der Waals surface area contributed by atoms with E-state index in [1.807, 2.05) is 20.8 Å². The van der Waals surface area contributed by atoms with Crippen molar-refractivity contribution in [2.24, 2.45) is 0 Å². The molecule has 0 aliphatic heterocycles. The molecule has 1 aromatic carbocycles. The van der Waals surface area contributed by atoms with Crippen LogP contribution in [0.1, 0.15) is 31.9 Å². The molecule has 0 fully saturated rings. The average Bonchev–Trinajstić information content (AvgIpc) is 2.53. The van der Waals surface area contributed by atoms with E-state index in [4.69, 9.17) is 0 Å². The normalized spacial score (nSPS) is 12.7. The van der Waals surface area contributed by atoms with Crippen molar-refractivity contribution in [3.05, 3.63) is 58.6 Å². The van der Waals surface area contributed by atoms with Crippen molar-refractivity contribution < 1.29 is 13.5 Å². The molecule has 2 rings (SSSR count). The van der Waals surface area contributed by atoms with Crippen molar-refractivity contribution in [3.8, 4) is 11.8 Å². The molecule has 0 saturated carbocycles. The molecular weight excluding hydrogens is 324 g/mol. The molecule has 0 atom stereocenters. The van der Waals surface area contributed by atoms with Gasteiger partial charge in [0, 0.05) is 6.20 Å². The fourth-order valence-corrected chi connectivity index (χ4v) is 3.28. The zero-order valence-corrected chi connectivity index (χ0v) is 14.5. The quantitative estimate of drug-likeness (QED) is 0.863. The Balaban J connectivity index is 2.55. The number of nitriles is 1. The van der Waals surface area contributed by atoms with Gasteiger partial charge in [-0.15, -0.1) is 0 Å². The van der Waals surface area contributed by atoms with Gasteiger partial charge in [-0.2, -0.15) is 5.26 Å². The number of allylic oxidation sites excluding steroid dienone is 1.